The molecular weight excluding hydrogens is 382 g/mol. The van der Waals surface area contributed by atoms with Crippen LogP contribution in [0.5, 0.6) is 0 Å². The van der Waals surface area contributed by atoms with Crippen LogP contribution in [0.1, 0.15) is 45.2 Å². The number of halogens is 1. The number of methoxy groups -OCH3 is 1. The van der Waals surface area contributed by atoms with Gasteiger partial charge in [-0.25, -0.2) is 9.59 Å². The Hall–Kier alpha value is -2.54. The Morgan fingerprint density at radius 2 is 2.11 bits per heavy atom. The maximum Gasteiger partial charge on any atom is 0.337 e. The first-order valence-corrected chi connectivity index (χ1v) is 9.65. The number of hydrogen-bond donors (Lipinski definition) is 2. The van der Waals surface area contributed by atoms with Crippen LogP contribution in [-0.4, -0.2) is 41.8 Å². The monoisotopic (exact) mass is 407 g/mol. The highest BCUT2D eigenvalue weighted by Gasteiger charge is 2.36. The van der Waals surface area contributed by atoms with Gasteiger partial charge >= 0.3 is 12.0 Å². The molecule has 1 aliphatic rings. The largest absolute Gasteiger partial charge is 0.466 e. The van der Waals surface area contributed by atoms with E-state index in [9.17, 15) is 14.4 Å². The van der Waals surface area contributed by atoms with Gasteiger partial charge in [-0.05, 0) is 38.0 Å². The summed E-state index contributed by atoms with van der Waals surface area (Å²) in [6, 6.07) is 6.00. The summed E-state index contributed by atoms with van der Waals surface area (Å²) in [4.78, 5) is 38.6. The van der Waals surface area contributed by atoms with Gasteiger partial charge in [-0.2, -0.15) is 0 Å². The molecule has 0 aromatic heterocycles. The SMILES string of the molecule is CCCCN1C(=O)NC(c2cccc(NC(=O)C(C)Cl)c2)C(C(=O)OC)=C1C. The summed E-state index contributed by atoms with van der Waals surface area (Å²) in [6.07, 6.45) is 1.75. The molecular formula is C20H26ClN3O4. The average molecular weight is 408 g/mol. The molecule has 0 bridgehead atoms. The van der Waals surface area contributed by atoms with Crippen molar-refractivity contribution in [1.29, 1.82) is 0 Å². The van der Waals surface area contributed by atoms with Gasteiger partial charge in [0.15, 0.2) is 0 Å². The highest BCUT2D eigenvalue weighted by molar-refractivity contribution is 6.32. The Labute approximate surface area is 170 Å². The van der Waals surface area contributed by atoms with E-state index in [1.165, 1.54) is 7.11 Å². The number of alkyl halides is 1. The molecule has 1 heterocycles. The molecule has 1 aromatic rings. The Morgan fingerprint density at radius 1 is 1.39 bits per heavy atom. The Bertz CT molecular complexity index is 791. The van der Waals surface area contributed by atoms with Crippen LogP contribution in [-0.2, 0) is 14.3 Å². The first kappa shape index (κ1) is 21.8. The molecule has 1 aromatic carbocycles. The van der Waals surface area contributed by atoms with Crippen molar-refractivity contribution in [2.45, 2.75) is 45.0 Å². The third-order valence-corrected chi connectivity index (χ3v) is 4.78. The quantitative estimate of drug-likeness (QED) is 0.534. The zero-order valence-electron chi connectivity index (χ0n) is 16.5. The first-order chi connectivity index (χ1) is 13.3. The third-order valence-electron chi connectivity index (χ3n) is 4.59. The second kappa shape index (κ2) is 9.59. The van der Waals surface area contributed by atoms with Crippen molar-refractivity contribution in [2.75, 3.05) is 19.0 Å². The molecule has 7 nitrogen and oxygen atoms in total. The van der Waals surface area contributed by atoms with Crippen LogP contribution in [0.3, 0.4) is 0 Å². The first-order valence-electron chi connectivity index (χ1n) is 9.22. The summed E-state index contributed by atoms with van der Waals surface area (Å²) >= 11 is 5.80. The second-order valence-electron chi connectivity index (χ2n) is 6.61. The van der Waals surface area contributed by atoms with Crippen LogP contribution >= 0.6 is 11.6 Å². The van der Waals surface area contributed by atoms with E-state index >= 15 is 0 Å². The number of carbonyl (C=O) groups excluding carboxylic acids is 3. The van der Waals surface area contributed by atoms with Gasteiger partial charge in [0.1, 0.15) is 5.38 Å². The van der Waals surface area contributed by atoms with E-state index in [-0.39, 0.29) is 11.9 Å². The standard InChI is InChI=1S/C20H26ClN3O4/c1-5-6-10-24-13(3)16(19(26)28-4)17(23-20(24)27)14-8-7-9-15(11-14)22-18(25)12(2)21/h7-9,11-12,17H,5-6,10H2,1-4H3,(H,22,25)(H,23,27). The fraction of sp³-hybridized carbons (Fsp3) is 0.450. The second-order valence-corrected chi connectivity index (χ2v) is 7.26. The zero-order valence-corrected chi connectivity index (χ0v) is 17.3. The number of anilines is 1. The van der Waals surface area contributed by atoms with Gasteiger partial charge in [-0.15, -0.1) is 11.6 Å². The maximum atomic E-state index is 12.6. The summed E-state index contributed by atoms with van der Waals surface area (Å²) in [5.74, 6) is -0.843. The lowest BCUT2D eigenvalue weighted by Crippen LogP contribution is -2.48. The Balaban J connectivity index is 2.43. The van der Waals surface area contributed by atoms with Crippen LogP contribution in [0.4, 0.5) is 10.5 Å². The molecule has 0 saturated carbocycles. The van der Waals surface area contributed by atoms with Gasteiger partial charge in [0.05, 0.1) is 18.7 Å². The van der Waals surface area contributed by atoms with Crippen molar-refractivity contribution in [3.8, 4) is 0 Å². The molecule has 0 fully saturated rings. The molecule has 1 aliphatic heterocycles. The molecule has 2 atom stereocenters. The third kappa shape index (κ3) is 4.84. The minimum absolute atomic E-state index is 0.271. The highest BCUT2D eigenvalue weighted by Crippen LogP contribution is 2.32. The molecule has 0 spiro atoms. The van der Waals surface area contributed by atoms with Crippen LogP contribution in [0.15, 0.2) is 35.5 Å². The number of benzene rings is 1. The number of amides is 3. The number of carbonyl (C=O) groups is 3. The van der Waals surface area contributed by atoms with Crippen molar-refractivity contribution in [1.82, 2.24) is 10.2 Å². The minimum Gasteiger partial charge on any atom is -0.466 e. The molecule has 8 heteroatoms. The van der Waals surface area contributed by atoms with E-state index in [1.807, 2.05) is 6.92 Å². The van der Waals surface area contributed by atoms with Crippen molar-refractivity contribution >= 4 is 35.2 Å². The smallest absolute Gasteiger partial charge is 0.337 e. The van der Waals surface area contributed by atoms with Gasteiger partial charge in [0.25, 0.3) is 0 Å². The van der Waals surface area contributed by atoms with Gasteiger partial charge in [0, 0.05) is 17.9 Å². The highest BCUT2D eigenvalue weighted by atomic mass is 35.5. The predicted octanol–water partition coefficient (Wildman–Crippen LogP) is 3.57. The van der Waals surface area contributed by atoms with E-state index in [0.29, 0.717) is 29.1 Å². The number of nitrogens with zero attached hydrogens (tertiary/aromatic N) is 1. The summed E-state index contributed by atoms with van der Waals surface area (Å²) in [5, 5.41) is 4.91. The summed E-state index contributed by atoms with van der Waals surface area (Å²) < 4.78 is 4.96. The number of rotatable bonds is 7. The number of ether oxygens (including phenoxy) is 1. The van der Waals surface area contributed by atoms with E-state index in [1.54, 1.807) is 43.0 Å². The number of esters is 1. The summed E-state index contributed by atoms with van der Waals surface area (Å²) in [6.45, 7) is 5.88. The molecule has 2 unspecified atom stereocenters. The maximum absolute atomic E-state index is 12.6. The Morgan fingerprint density at radius 3 is 2.71 bits per heavy atom. The number of unbranched alkanes of at least 4 members (excludes halogenated alkanes) is 1. The van der Waals surface area contributed by atoms with E-state index < -0.39 is 17.4 Å². The molecule has 0 saturated heterocycles. The van der Waals surface area contributed by atoms with Crippen LogP contribution in [0.2, 0.25) is 0 Å². The normalized spacial score (nSPS) is 17.8. The number of hydrogen-bond acceptors (Lipinski definition) is 4. The minimum atomic E-state index is -0.682. The van der Waals surface area contributed by atoms with Crippen molar-refractivity contribution in [3.05, 3.63) is 41.1 Å². The molecule has 28 heavy (non-hydrogen) atoms. The molecule has 3 amide bonds. The van der Waals surface area contributed by atoms with Gasteiger partial charge in [-0.3, -0.25) is 9.69 Å². The van der Waals surface area contributed by atoms with E-state index in [0.717, 1.165) is 12.8 Å². The van der Waals surface area contributed by atoms with Crippen LogP contribution < -0.4 is 10.6 Å². The van der Waals surface area contributed by atoms with Crippen LogP contribution in [0.25, 0.3) is 0 Å². The van der Waals surface area contributed by atoms with E-state index in [2.05, 4.69) is 10.6 Å². The lowest BCUT2D eigenvalue weighted by Gasteiger charge is -2.35. The predicted molar refractivity (Wildman–Crippen MR) is 108 cm³/mol. The zero-order chi connectivity index (χ0) is 20.8. The number of urea groups is 1. The molecule has 2 N–H and O–H groups in total. The van der Waals surface area contributed by atoms with Crippen LogP contribution in [0, 0.1) is 0 Å². The Kier molecular flexibility index (Phi) is 7.45. The van der Waals surface area contributed by atoms with Gasteiger partial charge < -0.3 is 15.4 Å². The van der Waals surface area contributed by atoms with E-state index in [4.69, 9.17) is 16.3 Å². The van der Waals surface area contributed by atoms with Crippen molar-refractivity contribution in [2.24, 2.45) is 0 Å². The van der Waals surface area contributed by atoms with Crippen molar-refractivity contribution < 1.29 is 19.1 Å². The van der Waals surface area contributed by atoms with Gasteiger partial charge in [-0.1, -0.05) is 25.5 Å². The van der Waals surface area contributed by atoms with Crippen molar-refractivity contribution in [3.63, 3.8) is 0 Å². The molecule has 0 aliphatic carbocycles. The topological polar surface area (TPSA) is 87.7 Å². The number of allylic oxidation sites excluding steroid dienone is 1. The molecule has 2 rings (SSSR count). The molecule has 152 valence electrons. The summed E-state index contributed by atoms with van der Waals surface area (Å²) in [7, 11) is 1.31. The van der Waals surface area contributed by atoms with Gasteiger partial charge in [0.2, 0.25) is 5.91 Å². The summed E-state index contributed by atoms with van der Waals surface area (Å²) in [5.41, 5.74) is 2.12. The fourth-order valence-corrected chi connectivity index (χ4v) is 3.08. The lowest BCUT2D eigenvalue weighted by molar-refractivity contribution is -0.136. The average Bonchev–Trinajstić information content (AvgIpc) is 2.67. The lowest BCUT2D eigenvalue weighted by atomic mass is 9.94. The fourth-order valence-electron chi connectivity index (χ4n) is 3.03. The molecule has 0 radical (unpaired) electrons. The number of nitrogens with one attached hydrogen (secondary N) is 2.